The van der Waals surface area contributed by atoms with Crippen LogP contribution in [0.4, 0.5) is 0 Å². The molecule has 2 aromatic rings. The number of carbonyl (C=O) groups excluding carboxylic acids is 1. The Labute approximate surface area is 164 Å². The van der Waals surface area contributed by atoms with Crippen LogP contribution in [0.1, 0.15) is 28.1 Å². The number of hydrogen-bond acceptors (Lipinski definition) is 5. The summed E-state index contributed by atoms with van der Waals surface area (Å²) < 4.78 is 28.4. The fourth-order valence-corrected chi connectivity index (χ4v) is 4.66. The molecule has 1 amide bonds. The van der Waals surface area contributed by atoms with Crippen molar-refractivity contribution in [3.8, 4) is 0 Å². The lowest BCUT2D eigenvalue weighted by atomic mass is 10.1. The van der Waals surface area contributed by atoms with E-state index in [0.29, 0.717) is 36.8 Å². The van der Waals surface area contributed by atoms with Crippen molar-refractivity contribution < 1.29 is 17.6 Å². The molecular weight excluding hydrogens is 380 g/mol. The van der Waals surface area contributed by atoms with Crippen LogP contribution in [0.5, 0.6) is 0 Å². The molecule has 1 unspecified atom stereocenters. The molecule has 0 aliphatic carbocycles. The van der Waals surface area contributed by atoms with Gasteiger partial charge in [-0.3, -0.25) is 9.79 Å². The van der Waals surface area contributed by atoms with Crippen LogP contribution in [0, 0.1) is 0 Å². The topological polar surface area (TPSA) is 113 Å². The van der Waals surface area contributed by atoms with Crippen LogP contribution >= 0.6 is 0 Å². The van der Waals surface area contributed by atoms with E-state index in [1.54, 1.807) is 37.6 Å². The molecule has 0 bridgehead atoms. The summed E-state index contributed by atoms with van der Waals surface area (Å²) in [7, 11) is -1.31. The zero-order valence-electron chi connectivity index (χ0n) is 15.6. The largest absolute Gasteiger partial charge is 0.467 e. The van der Waals surface area contributed by atoms with Gasteiger partial charge in [0.15, 0.2) is 15.8 Å². The molecule has 1 aliphatic heterocycles. The number of guanidine groups is 1. The Morgan fingerprint density at radius 2 is 2.07 bits per heavy atom. The molecule has 0 saturated carbocycles. The van der Waals surface area contributed by atoms with Gasteiger partial charge in [-0.05, 0) is 36.2 Å². The first kappa shape index (κ1) is 19.9. The Morgan fingerprint density at radius 3 is 2.75 bits per heavy atom. The van der Waals surface area contributed by atoms with Gasteiger partial charge in [-0.2, -0.15) is 0 Å². The number of furan rings is 1. The summed E-state index contributed by atoms with van der Waals surface area (Å²) in [5.41, 5.74) is 1.46. The summed E-state index contributed by atoms with van der Waals surface area (Å²) in [6, 6.07) is 10.7. The Kier molecular flexibility index (Phi) is 6.35. The number of sulfone groups is 1. The van der Waals surface area contributed by atoms with Gasteiger partial charge in [-0.1, -0.05) is 12.1 Å². The highest BCUT2D eigenvalue weighted by atomic mass is 32.2. The van der Waals surface area contributed by atoms with Gasteiger partial charge in [-0.15, -0.1) is 0 Å². The SMILES string of the molecule is CN=C(NCc1cccc(C(=O)NCc2ccco2)c1)NC1CCS(=O)(=O)C1. The highest BCUT2D eigenvalue weighted by Crippen LogP contribution is 2.11. The Hall–Kier alpha value is -2.81. The van der Waals surface area contributed by atoms with E-state index in [2.05, 4.69) is 20.9 Å². The lowest BCUT2D eigenvalue weighted by Gasteiger charge is -2.16. The van der Waals surface area contributed by atoms with E-state index in [0.717, 1.165) is 5.56 Å². The molecule has 1 aromatic heterocycles. The van der Waals surface area contributed by atoms with Crippen LogP contribution in [0.3, 0.4) is 0 Å². The van der Waals surface area contributed by atoms with E-state index < -0.39 is 9.84 Å². The zero-order valence-corrected chi connectivity index (χ0v) is 16.5. The highest BCUT2D eigenvalue weighted by molar-refractivity contribution is 7.91. The number of nitrogens with one attached hydrogen (secondary N) is 3. The van der Waals surface area contributed by atoms with Crippen LogP contribution in [-0.4, -0.2) is 44.9 Å². The van der Waals surface area contributed by atoms with Crippen LogP contribution in [0.15, 0.2) is 52.1 Å². The number of amides is 1. The molecular formula is C19H24N4O4S. The van der Waals surface area contributed by atoms with Crippen LogP contribution in [-0.2, 0) is 22.9 Å². The third-order valence-electron chi connectivity index (χ3n) is 4.45. The normalized spacial score (nSPS) is 18.6. The molecule has 3 N–H and O–H groups in total. The number of nitrogens with zero attached hydrogens (tertiary/aromatic N) is 1. The molecule has 150 valence electrons. The summed E-state index contributed by atoms with van der Waals surface area (Å²) in [6.45, 7) is 0.785. The van der Waals surface area contributed by atoms with E-state index in [1.165, 1.54) is 0 Å². The van der Waals surface area contributed by atoms with Crippen molar-refractivity contribution in [1.82, 2.24) is 16.0 Å². The maximum atomic E-state index is 12.3. The Morgan fingerprint density at radius 1 is 1.21 bits per heavy atom. The molecule has 0 spiro atoms. The van der Waals surface area contributed by atoms with E-state index in [4.69, 9.17) is 4.42 Å². The number of benzene rings is 1. The van der Waals surface area contributed by atoms with Crippen molar-refractivity contribution in [3.05, 3.63) is 59.5 Å². The van der Waals surface area contributed by atoms with E-state index in [9.17, 15) is 13.2 Å². The number of rotatable bonds is 6. The van der Waals surface area contributed by atoms with Gasteiger partial charge in [0.05, 0.1) is 24.3 Å². The second kappa shape index (κ2) is 8.92. The summed E-state index contributed by atoms with van der Waals surface area (Å²) in [5, 5.41) is 9.11. The minimum Gasteiger partial charge on any atom is -0.467 e. The number of hydrogen-bond donors (Lipinski definition) is 3. The van der Waals surface area contributed by atoms with Gasteiger partial charge in [0, 0.05) is 25.2 Å². The van der Waals surface area contributed by atoms with E-state index >= 15 is 0 Å². The van der Waals surface area contributed by atoms with Gasteiger partial charge in [0.25, 0.3) is 5.91 Å². The summed E-state index contributed by atoms with van der Waals surface area (Å²) in [4.78, 5) is 16.5. The third-order valence-corrected chi connectivity index (χ3v) is 6.22. The number of aliphatic imine (C=N–C) groups is 1. The van der Waals surface area contributed by atoms with Crippen molar-refractivity contribution in [2.75, 3.05) is 18.6 Å². The molecule has 2 heterocycles. The van der Waals surface area contributed by atoms with E-state index in [1.807, 2.05) is 12.1 Å². The van der Waals surface area contributed by atoms with Crippen LogP contribution < -0.4 is 16.0 Å². The quantitative estimate of drug-likeness (QED) is 0.490. The first-order chi connectivity index (χ1) is 13.4. The molecule has 28 heavy (non-hydrogen) atoms. The third kappa shape index (κ3) is 5.59. The predicted molar refractivity (Wildman–Crippen MR) is 107 cm³/mol. The molecule has 1 aliphatic rings. The fourth-order valence-electron chi connectivity index (χ4n) is 2.99. The molecule has 1 fully saturated rings. The molecule has 8 nitrogen and oxygen atoms in total. The highest BCUT2D eigenvalue weighted by Gasteiger charge is 2.28. The lowest BCUT2D eigenvalue weighted by Crippen LogP contribution is -2.43. The van der Waals surface area contributed by atoms with Crippen molar-refractivity contribution in [3.63, 3.8) is 0 Å². The molecule has 1 saturated heterocycles. The summed E-state index contributed by atoms with van der Waals surface area (Å²) >= 11 is 0. The summed E-state index contributed by atoms with van der Waals surface area (Å²) in [6.07, 6.45) is 2.14. The predicted octanol–water partition coefficient (Wildman–Crippen LogP) is 1.06. The Balaban J connectivity index is 1.52. The van der Waals surface area contributed by atoms with Crippen LogP contribution in [0.25, 0.3) is 0 Å². The van der Waals surface area contributed by atoms with Gasteiger partial charge in [0.2, 0.25) is 0 Å². The zero-order chi connectivity index (χ0) is 20.0. The number of carbonyl (C=O) groups is 1. The van der Waals surface area contributed by atoms with Gasteiger partial charge in [-0.25, -0.2) is 8.42 Å². The van der Waals surface area contributed by atoms with Crippen LogP contribution in [0.2, 0.25) is 0 Å². The lowest BCUT2D eigenvalue weighted by molar-refractivity contribution is 0.0948. The second-order valence-corrected chi connectivity index (χ2v) is 8.86. The smallest absolute Gasteiger partial charge is 0.251 e. The minimum absolute atomic E-state index is 0.124. The van der Waals surface area contributed by atoms with Crippen molar-refractivity contribution >= 4 is 21.7 Å². The standard InChI is InChI=1S/C19H24N4O4S/c1-20-19(23-16-7-9-28(25,26)13-16)22-11-14-4-2-5-15(10-14)18(24)21-12-17-6-3-8-27-17/h2-6,8,10,16H,7,9,11-13H2,1H3,(H,21,24)(H2,20,22,23). The second-order valence-electron chi connectivity index (χ2n) is 6.63. The summed E-state index contributed by atoms with van der Waals surface area (Å²) in [5.74, 6) is 1.37. The molecule has 3 rings (SSSR count). The van der Waals surface area contributed by atoms with Crippen molar-refractivity contribution in [2.45, 2.75) is 25.6 Å². The van der Waals surface area contributed by atoms with Gasteiger partial charge >= 0.3 is 0 Å². The van der Waals surface area contributed by atoms with Crippen molar-refractivity contribution in [2.24, 2.45) is 4.99 Å². The van der Waals surface area contributed by atoms with Crippen molar-refractivity contribution in [1.29, 1.82) is 0 Å². The fraction of sp³-hybridized carbons (Fsp3) is 0.368. The molecule has 9 heteroatoms. The molecule has 0 radical (unpaired) electrons. The monoisotopic (exact) mass is 404 g/mol. The minimum atomic E-state index is -2.95. The van der Waals surface area contributed by atoms with Gasteiger partial charge in [0.1, 0.15) is 5.76 Å². The average molecular weight is 404 g/mol. The molecule has 1 atom stereocenters. The van der Waals surface area contributed by atoms with E-state index in [-0.39, 0.29) is 23.5 Å². The maximum absolute atomic E-state index is 12.3. The average Bonchev–Trinajstić information content (AvgIpc) is 3.32. The maximum Gasteiger partial charge on any atom is 0.251 e. The Bertz CT molecular complexity index is 939. The first-order valence-corrected chi connectivity index (χ1v) is 10.8. The van der Waals surface area contributed by atoms with Gasteiger partial charge < -0.3 is 20.4 Å². The first-order valence-electron chi connectivity index (χ1n) is 9.02. The molecule has 1 aromatic carbocycles.